The van der Waals surface area contributed by atoms with E-state index >= 15 is 0 Å². The fourth-order valence-electron chi connectivity index (χ4n) is 4.47. The van der Waals surface area contributed by atoms with Crippen LogP contribution in [0.25, 0.3) is 16.8 Å². The largest absolute Gasteiger partial charge is 0.493 e. The molecule has 0 aromatic heterocycles. The zero-order valence-corrected chi connectivity index (χ0v) is 25.0. The predicted octanol–water partition coefficient (Wildman–Crippen LogP) is 7.70. The summed E-state index contributed by atoms with van der Waals surface area (Å²) >= 11 is 4.52. The van der Waals surface area contributed by atoms with Crippen LogP contribution < -0.4 is 18.9 Å². The van der Waals surface area contributed by atoms with Crippen molar-refractivity contribution in [3.8, 4) is 23.0 Å². The van der Waals surface area contributed by atoms with Gasteiger partial charge in [0, 0.05) is 0 Å². The number of amides is 2. The quantitative estimate of drug-likeness (QED) is 0.157. The van der Waals surface area contributed by atoms with E-state index in [1.165, 1.54) is 4.90 Å². The number of carbonyl (C=O) groups is 2. The van der Waals surface area contributed by atoms with Crippen molar-refractivity contribution >= 4 is 55.7 Å². The standard InChI is InChI=1S/C32H28BrNO6S/c1-3-38-28-18-21(17-25(33)30(28)40-20-23-11-8-10-22-9-4-5-12-24(22)23)19-29-31(35)34(32(36)41-29)15-16-39-27-14-7-6-13-26(27)37-2/h4-14,17-19H,3,15-16,20H2,1-2H3/b29-19-. The van der Waals surface area contributed by atoms with Gasteiger partial charge in [0.1, 0.15) is 13.2 Å². The topological polar surface area (TPSA) is 74.3 Å². The summed E-state index contributed by atoms with van der Waals surface area (Å²) in [5, 5.41) is 1.93. The molecule has 210 valence electrons. The lowest BCUT2D eigenvalue weighted by atomic mass is 10.1. The van der Waals surface area contributed by atoms with Gasteiger partial charge in [-0.3, -0.25) is 14.5 Å². The highest BCUT2D eigenvalue weighted by atomic mass is 79.9. The molecule has 0 bridgehead atoms. The number of thioether (sulfide) groups is 1. The Hall–Kier alpha value is -3.95. The Bertz CT molecular complexity index is 1620. The van der Waals surface area contributed by atoms with Gasteiger partial charge in [0.2, 0.25) is 0 Å². The third-order valence-electron chi connectivity index (χ3n) is 6.40. The van der Waals surface area contributed by atoms with E-state index in [2.05, 4.69) is 34.1 Å². The molecule has 4 aromatic carbocycles. The molecule has 1 aliphatic rings. The summed E-state index contributed by atoms with van der Waals surface area (Å²) in [5.41, 5.74) is 1.76. The average molecular weight is 635 g/mol. The van der Waals surface area contributed by atoms with Crippen LogP contribution in [0.3, 0.4) is 0 Å². The van der Waals surface area contributed by atoms with Crippen molar-refractivity contribution in [2.45, 2.75) is 13.5 Å². The summed E-state index contributed by atoms with van der Waals surface area (Å²) in [7, 11) is 1.56. The molecule has 0 radical (unpaired) electrons. The van der Waals surface area contributed by atoms with Crippen LogP contribution in [0, 0.1) is 0 Å². The summed E-state index contributed by atoms with van der Waals surface area (Å²) in [4.78, 5) is 27.2. The van der Waals surface area contributed by atoms with Crippen LogP contribution >= 0.6 is 27.7 Å². The molecule has 0 atom stereocenters. The Labute approximate surface area is 251 Å². The van der Waals surface area contributed by atoms with Crippen LogP contribution in [0.4, 0.5) is 4.79 Å². The molecule has 1 heterocycles. The second-order valence-corrected chi connectivity index (χ2v) is 10.9. The molecule has 1 saturated heterocycles. The molecule has 1 fully saturated rings. The maximum Gasteiger partial charge on any atom is 0.293 e. The number of para-hydroxylation sites is 2. The van der Waals surface area contributed by atoms with E-state index < -0.39 is 0 Å². The van der Waals surface area contributed by atoms with E-state index in [9.17, 15) is 9.59 Å². The molecule has 0 aliphatic carbocycles. The lowest BCUT2D eigenvalue weighted by molar-refractivity contribution is -0.123. The Morgan fingerprint density at radius 1 is 0.878 bits per heavy atom. The zero-order valence-electron chi connectivity index (χ0n) is 22.6. The first kappa shape index (κ1) is 28.6. The van der Waals surface area contributed by atoms with Crippen molar-refractivity contribution in [3.05, 3.63) is 99.4 Å². The van der Waals surface area contributed by atoms with E-state index in [1.807, 2.05) is 55.5 Å². The number of fused-ring (bicyclic) bond motifs is 1. The highest BCUT2D eigenvalue weighted by molar-refractivity contribution is 9.10. The Kier molecular flexibility index (Phi) is 9.16. The molecule has 2 amide bonds. The molecule has 1 aliphatic heterocycles. The van der Waals surface area contributed by atoms with Crippen LogP contribution in [0.2, 0.25) is 0 Å². The number of benzene rings is 4. The smallest absolute Gasteiger partial charge is 0.293 e. The second kappa shape index (κ2) is 13.1. The van der Waals surface area contributed by atoms with Gasteiger partial charge in [-0.15, -0.1) is 0 Å². The third kappa shape index (κ3) is 6.52. The Balaban J connectivity index is 1.30. The zero-order chi connectivity index (χ0) is 28.8. The van der Waals surface area contributed by atoms with Crippen molar-refractivity contribution in [2.75, 3.05) is 26.9 Å². The minimum absolute atomic E-state index is 0.120. The fraction of sp³-hybridized carbons (Fsp3) is 0.188. The van der Waals surface area contributed by atoms with Gasteiger partial charge >= 0.3 is 0 Å². The maximum atomic E-state index is 13.1. The van der Waals surface area contributed by atoms with E-state index in [4.69, 9.17) is 18.9 Å². The number of carbonyl (C=O) groups excluding carboxylic acids is 2. The van der Waals surface area contributed by atoms with Crippen molar-refractivity contribution in [1.82, 2.24) is 4.90 Å². The lowest BCUT2D eigenvalue weighted by Crippen LogP contribution is -2.32. The van der Waals surface area contributed by atoms with Gasteiger partial charge in [-0.2, -0.15) is 0 Å². The van der Waals surface area contributed by atoms with Crippen LogP contribution in [0.5, 0.6) is 23.0 Å². The van der Waals surface area contributed by atoms with Crippen LogP contribution in [0.15, 0.2) is 88.2 Å². The van der Waals surface area contributed by atoms with Gasteiger partial charge in [0.05, 0.1) is 29.6 Å². The monoisotopic (exact) mass is 633 g/mol. The highest BCUT2D eigenvalue weighted by Gasteiger charge is 2.35. The first-order chi connectivity index (χ1) is 20.0. The van der Waals surface area contributed by atoms with Crippen molar-refractivity contribution in [1.29, 1.82) is 0 Å². The second-order valence-electron chi connectivity index (χ2n) is 9.02. The van der Waals surface area contributed by atoms with E-state index in [1.54, 1.807) is 25.3 Å². The Morgan fingerprint density at radius 2 is 1.63 bits per heavy atom. The molecule has 7 nitrogen and oxygen atoms in total. The molecular formula is C32H28BrNO6S. The number of hydrogen-bond donors (Lipinski definition) is 0. The summed E-state index contributed by atoms with van der Waals surface area (Å²) in [5.74, 6) is 1.88. The number of halogens is 1. The normalized spacial score (nSPS) is 14.1. The fourth-order valence-corrected chi connectivity index (χ4v) is 5.91. The SMILES string of the molecule is CCOc1cc(/C=C2\SC(=O)N(CCOc3ccccc3OC)C2=O)cc(Br)c1OCc1cccc2ccccc12. The van der Waals surface area contributed by atoms with Crippen LogP contribution in [-0.2, 0) is 11.4 Å². The summed E-state index contributed by atoms with van der Waals surface area (Å²) in [6, 6.07) is 25.2. The van der Waals surface area contributed by atoms with Gasteiger partial charge in [0.15, 0.2) is 23.0 Å². The summed E-state index contributed by atoms with van der Waals surface area (Å²) in [6.45, 7) is 2.95. The van der Waals surface area contributed by atoms with Gasteiger partial charge in [-0.05, 0) is 86.9 Å². The molecule has 0 saturated carbocycles. The van der Waals surface area contributed by atoms with Crippen LogP contribution in [0.1, 0.15) is 18.1 Å². The first-order valence-electron chi connectivity index (χ1n) is 13.1. The predicted molar refractivity (Wildman–Crippen MR) is 165 cm³/mol. The summed E-state index contributed by atoms with van der Waals surface area (Å²) < 4.78 is 23.9. The number of nitrogens with zero attached hydrogens (tertiary/aromatic N) is 1. The van der Waals surface area contributed by atoms with Crippen molar-refractivity contribution in [3.63, 3.8) is 0 Å². The number of rotatable bonds is 11. The molecule has 0 spiro atoms. The van der Waals surface area contributed by atoms with Gasteiger partial charge < -0.3 is 18.9 Å². The number of hydrogen-bond acceptors (Lipinski definition) is 7. The molecule has 0 unspecified atom stereocenters. The summed E-state index contributed by atoms with van der Waals surface area (Å²) in [6.07, 6.45) is 1.69. The van der Waals surface area contributed by atoms with Crippen molar-refractivity contribution in [2.24, 2.45) is 0 Å². The van der Waals surface area contributed by atoms with Gasteiger partial charge in [0.25, 0.3) is 11.1 Å². The maximum absolute atomic E-state index is 13.1. The Morgan fingerprint density at radius 3 is 2.44 bits per heavy atom. The highest BCUT2D eigenvalue weighted by Crippen LogP contribution is 2.40. The number of ether oxygens (including phenoxy) is 4. The first-order valence-corrected chi connectivity index (χ1v) is 14.7. The minimum Gasteiger partial charge on any atom is -0.493 e. The van der Waals surface area contributed by atoms with E-state index in [0.717, 1.165) is 28.1 Å². The van der Waals surface area contributed by atoms with E-state index in [0.29, 0.717) is 51.2 Å². The lowest BCUT2D eigenvalue weighted by Gasteiger charge is -2.16. The van der Waals surface area contributed by atoms with Crippen molar-refractivity contribution < 1.29 is 28.5 Å². The van der Waals surface area contributed by atoms with E-state index in [-0.39, 0.29) is 24.3 Å². The average Bonchev–Trinajstić information content (AvgIpc) is 3.24. The minimum atomic E-state index is -0.367. The molecule has 0 N–H and O–H groups in total. The van der Waals surface area contributed by atoms with Crippen LogP contribution in [-0.4, -0.2) is 42.9 Å². The van der Waals surface area contributed by atoms with Gasteiger partial charge in [-0.25, -0.2) is 0 Å². The molecule has 9 heteroatoms. The molecule has 4 aromatic rings. The molecule has 41 heavy (non-hydrogen) atoms. The molecular weight excluding hydrogens is 606 g/mol. The number of methoxy groups -OCH3 is 1. The molecule has 5 rings (SSSR count). The third-order valence-corrected chi connectivity index (χ3v) is 7.89. The number of imide groups is 1. The van der Waals surface area contributed by atoms with Gasteiger partial charge in [-0.1, -0.05) is 54.6 Å².